The lowest BCUT2D eigenvalue weighted by atomic mass is 10.2. The molecular formula is C17H20N6O4. The third-order valence-electron chi connectivity index (χ3n) is 3.37. The number of aliphatic hydroxyl groups is 1. The number of hydrogen-bond donors (Lipinski definition) is 4. The van der Waals surface area contributed by atoms with Crippen LogP contribution in [0.2, 0.25) is 0 Å². The highest BCUT2D eigenvalue weighted by molar-refractivity contribution is 5.91. The molecule has 0 aliphatic carbocycles. The first-order valence-electron chi connectivity index (χ1n) is 8.04. The Hall–Kier alpha value is -3.37. The van der Waals surface area contributed by atoms with Gasteiger partial charge in [-0.05, 0) is 31.2 Å². The summed E-state index contributed by atoms with van der Waals surface area (Å²) in [5.41, 5.74) is 11.6. The average molecular weight is 372 g/mol. The molecule has 0 bridgehead atoms. The number of esters is 1. The molecule has 10 nitrogen and oxygen atoms in total. The van der Waals surface area contributed by atoms with Crippen LogP contribution in [0.25, 0.3) is 0 Å². The van der Waals surface area contributed by atoms with Gasteiger partial charge in [-0.15, -0.1) is 10.2 Å². The molecule has 0 aliphatic heterocycles. The minimum Gasteiger partial charge on any atom is -0.424 e. The molecule has 2 rings (SSSR count). The maximum absolute atomic E-state index is 11.8. The van der Waals surface area contributed by atoms with Gasteiger partial charge < -0.3 is 26.6 Å². The van der Waals surface area contributed by atoms with E-state index in [-0.39, 0.29) is 36.2 Å². The molecule has 1 heterocycles. The first-order chi connectivity index (χ1) is 12.9. The van der Waals surface area contributed by atoms with E-state index in [1.807, 2.05) is 0 Å². The summed E-state index contributed by atoms with van der Waals surface area (Å²) in [5, 5.41) is 19.6. The fourth-order valence-corrected chi connectivity index (χ4v) is 1.83. The highest BCUT2D eigenvalue weighted by Crippen LogP contribution is 2.31. The number of nitrogens with two attached hydrogens (primary N) is 2. The van der Waals surface area contributed by atoms with Crippen LogP contribution in [0.1, 0.15) is 6.92 Å². The van der Waals surface area contributed by atoms with Crippen molar-refractivity contribution in [2.45, 2.75) is 6.92 Å². The van der Waals surface area contributed by atoms with Gasteiger partial charge >= 0.3 is 5.97 Å². The van der Waals surface area contributed by atoms with Gasteiger partial charge in [0, 0.05) is 0 Å². The minimum atomic E-state index is -0.661. The number of ether oxygens (including phenoxy) is 1. The third kappa shape index (κ3) is 5.56. The van der Waals surface area contributed by atoms with E-state index in [9.17, 15) is 9.59 Å². The number of benzene rings is 1. The van der Waals surface area contributed by atoms with Crippen LogP contribution in [0.3, 0.4) is 0 Å². The minimum absolute atomic E-state index is 0.0527. The van der Waals surface area contributed by atoms with Gasteiger partial charge in [-0.1, -0.05) is 12.1 Å². The molecule has 1 aromatic carbocycles. The van der Waals surface area contributed by atoms with Crippen molar-refractivity contribution < 1.29 is 19.4 Å². The fourth-order valence-electron chi connectivity index (χ4n) is 1.83. The Morgan fingerprint density at radius 2 is 1.93 bits per heavy atom. The van der Waals surface area contributed by atoms with Crippen molar-refractivity contribution in [2.75, 3.05) is 24.2 Å². The van der Waals surface area contributed by atoms with E-state index in [1.54, 1.807) is 31.2 Å². The molecule has 0 saturated carbocycles. The normalized spacial score (nSPS) is 12.0. The zero-order valence-electron chi connectivity index (χ0n) is 14.6. The van der Waals surface area contributed by atoms with Crippen molar-refractivity contribution in [3.63, 3.8) is 0 Å². The van der Waals surface area contributed by atoms with Crippen LogP contribution in [-0.4, -0.2) is 35.1 Å². The second kappa shape index (κ2) is 9.36. The molecule has 27 heavy (non-hydrogen) atoms. The number of amides is 1. The van der Waals surface area contributed by atoms with Crippen molar-refractivity contribution in [2.24, 2.45) is 21.9 Å². The van der Waals surface area contributed by atoms with E-state index in [0.29, 0.717) is 5.69 Å². The lowest BCUT2D eigenvalue weighted by molar-refractivity contribution is -0.139. The molecule has 0 unspecified atom stereocenters. The number of nitrogen functional groups attached to an aromatic ring is 1. The summed E-state index contributed by atoms with van der Waals surface area (Å²) in [6.07, 6.45) is 0. The molecule has 1 atom stereocenters. The Kier molecular flexibility index (Phi) is 6.92. The maximum Gasteiger partial charge on any atom is 0.316 e. The van der Waals surface area contributed by atoms with Crippen LogP contribution >= 0.6 is 0 Å². The van der Waals surface area contributed by atoms with Crippen LogP contribution in [0.5, 0.6) is 5.75 Å². The maximum atomic E-state index is 11.8. The van der Waals surface area contributed by atoms with Crippen LogP contribution < -0.4 is 21.5 Å². The summed E-state index contributed by atoms with van der Waals surface area (Å²) in [7, 11) is 0. The molecule has 2 aromatic rings. The molecule has 0 saturated heterocycles. The Bertz CT molecular complexity index is 855. The number of azo groups is 1. The lowest BCUT2D eigenvalue weighted by Gasteiger charge is -2.09. The molecule has 0 radical (unpaired) electrons. The number of nitrogens with zero attached hydrogens (tertiary/aromatic N) is 3. The number of hydrogen-bond acceptors (Lipinski definition) is 9. The summed E-state index contributed by atoms with van der Waals surface area (Å²) in [5.74, 6) is -1.15. The predicted octanol–water partition coefficient (Wildman–Crippen LogP) is 1.51. The summed E-state index contributed by atoms with van der Waals surface area (Å²) >= 11 is 0. The van der Waals surface area contributed by atoms with E-state index < -0.39 is 17.8 Å². The third-order valence-corrected chi connectivity index (χ3v) is 3.37. The first-order valence-corrected chi connectivity index (χ1v) is 8.04. The fraction of sp³-hybridized carbons (Fsp3) is 0.235. The van der Waals surface area contributed by atoms with Crippen molar-refractivity contribution >= 4 is 34.9 Å². The quantitative estimate of drug-likeness (QED) is 0.325. The average Bonchev–Trinajstić information content (AvgIpc) is 2.67. The van der Waals surface area contributed by atoms with Crippen LogP contribution in [0, 0.1) is 5.92 Å². The van der Waals surface area contributed by atoms with Crippen molar-refractivity contribution in [3.05, 3.63) is 36.4 Å². The molecule has 10 heteroatoms. The predicted molar refractivity (Wildman–Crippen MR) is 98.8 cm³/mol. The van der Waals surface area contributed by atoms with E-state index in [4.69, 9.17) is 21.3 Å². The Labute approximate surface area is 155 Å². The molecule has 0 spiro atoms. The second-order valence-corrected chi connectivity index (χ2v) is 5.53. The largest absolute Gasteiger partial charge is 0.424 e. The van der Waals surface area contributed by atoms with Gasteiger partial charge in [0.2, 0.25) is 5.91 Å². The van der Waals surface area contributed by atoms with Gasteiger partial charge in [0.05, 0.1) is 19.1 Å². The standard InChI is InChI=1S/C17H20N6O4/c1-10(9-24)17(26)27-13-5-3-2-4-11(13)22-23-12-6-7-14(21-16(12)19)20-15(25)8-18/h2-7,10,24H,8-9,18H2,1H3,(H3,19,20,21,25)/b23-22+/t10-/m0/s1. The van der Waals surface area contributed by atoms with Crippen LogP contribution in [-0.2, 0) is 9.59 Å². The summed E-state index contributed by atoms with van der Waals surface area (Å²) < 4.78 is 5.23. The van der Waals surface area contributed by atoms with E-state index >= 15 is 0 Å². The van der Waals surface area contributed by atoms with E-state index in [2.05, 4.69) is 20.5 Å². The molecule has 1 aromatic heterocycles. The number of carbonyl (C=O) groups is 2. The number of carbonyl (C=O) groups excluding carboxylic acids is 2. The van der Waals surface area contributed by atoms with Crippen molar-refractivity contribution in [3.8, 4) is 5.75 Å². The highest BCUT2D eigenvalue weighted by Gasteiger charge is 2.16. The molecule has 142 valence electrons. The van der Waals surface area contributed by atoms with Gasteiger partial charge in [0.25, 0.3) is 0 Å². The topological polar surface area (TPSA) is 165 Å². The first kappa shape index (κ1) is 19.9. The Balaban J connectivity index is 2.18. The van der Waals surface area contributed by atoms with Gasteiger partial charge in [-0.25, -0.2) is 4.98 Å². The molecule has 1 amide bonds. The number of rotatable bonds is 7. The Morgan fingerprint density at radius 1 is 1.22 bits per heavy atom. The van der Waals surface area contributed by atoms with Gasteiger partial charge in [-0.2, -0.15) is 0 Å². The monoisotopic (exact) mass is 372 g/mol. The van der Waals surface area contributed by atoms with Crippen LogP contribution in [0.4, 0.5) is 23.0 Å². The number of anilines is 2. The molecular weight excluding hydrogens is 352 g/mol. The second-order valence-electron chi connectivity index (χ2n) is 5.53. The number of para-hydroxylation sites is 1. The van der Waals surface area contributed by atoms with Crippen molar-refractivity contribution in [1.82, 2.24) is 4.98 Å². The zero-order chi connectivity index (χ0) is 19.8. The molecule has 0 aliphatic rings. The summed E-state index contributed by atoms with van der Waals surface area (Å²) in [4.78, 5) is 27.1. The molecule has 6 N–H and O–H groups in total. The summed E-state index contributed by atoms with van der Waals surface area (Å²) in [6, 6.07) is 9.58. The molecule has 0 fully saturated rings. The van der Waals surface area contributed by atoms with Crippen LogP contribution in [0.15, 0.2) is 46.6 Å². The van der Waals surface area contributed by atoms with E-state index in [1.165, 1.54) is 12.1 Å². The number of aliphatic hydroxyl groups excluding tert-OH is 1. The zero-order valence-corrected chi connectivity index (χ0v) is 14.6. The smallest absolute Gasteiger partial charge is 0.316 e. The highest BCUT2D eigenvalue weighted by atomic mass is 16.5. The number of aromatic nitrogens is 1. The van der Waals surface area contributed by atoms with Gasteiger partial charge in [0.15, 0.2) is 11.6 Å². The van der Waals surface area contributed by atoms with Gasteiger partial charge in [0.1, 0.15) is 17.2 Å². The summed E-state index contributed by atoms with van der Waals surface area (Å²) in [6.45, 7) is 1.05. The SMILES string of the molecule is C[C@@H](CO)C(=O)Oc1ccccc1/N=N/c1ccc(NC(=O)CN)nc1N. The van der Waals surface area contributed by atoms with Gasteiger partial charge in [-0.3, -0.25) is 9.59 Å². The van der Waals surface area contributed by atoms with E-state index in [0.717, 1.165) is 0 Å². The Morgan fingerprint density at radius 3 is 2.59 bits per heavy atom. The lowest BCUT2D eigenvalue weighted by Crippen LogP contribution is -2.22. The van der Waals surface area contributed by atoms with Crippen molar-refractivity contribution in [1.29, 1.82) is 0 Å². The number of nitrogens with one attached hydrogen (secondary N) is 1. The number of pyridine rings is 1.